The average Bonchev–Trinajstić information content (AvgIpc) is 2.01. The Kier molecular flexibility index (Phi) is 3.27. The van der Waals surface area contributed by atoms with Crippen LogP contribution in [0.1, 0.15) is 20.8 Å². The molecule has 0 spiro atoms. The predicted octanol–water partition coefficient (Wildman–Crippen LogP) is 0.569. The lowest BCUT2D eigenvalue weighted by Crippen LogP contribution is -2.51. The minimum atomic E-state index is -0.763. The van der Waals surface area contributed by atoms with Crippen LogP contribution in [-0.4, -0.2) is 47.3 Å². The molecule has 1 fully saturated rings. The number of carboxylic acids is 1. The second-order valence-corrected chi connectivity index (χ2v) is 3.73. The lowest BCUT2D eigenvalue weighted by Gasteiger charge is -2.37. The molecule has 0 aromatic rings. The Morgan fingerprint density at radius 1 is 1.46 bits per heavy atom. The van der Waals surface area contributed by atoms with Crippen LogP contribution in [-0.2, 0) is 9.53 Å². The molecule has 1 rings (SSSR count). The molecule has 13 heavy (non-hydrogen) atoms. The minimum Gasteiger partial charge on any atom is -0.480 e. The van der Waals surface area contributed by atoms with Gasteiger partial charge in [0.15, 0.2) is 0 Å². The zero-order valence-corrected chi connectivity index (χ0v) is 8.36. The van der Waals surface area contributed by atoms with E-state index >= 15 is 0 Å². The molecule has 1 N–H and O–H groups in total. The molecule has 0 unspecified atom stereocenters. The molecule has 0 saturated carbocycles. The summed E-state index contributed by atoms with van der Waals surface area (Å²) in [6.07, 6.45) is 0.260. The Labute approximate surface area is 78.5 Å². The van der Waals surface area contributed by atoms with Gasteiger partial charge in [-0.15, -0.1) is 0 Å². The molecule has 1 aliphatic rings. The van der Waals surface area contributed by atoms with Gasteiger partial charge in [0.1, 0.15) is 6.04 Å². The van der Waals surface area contributed by atoms with Gasteiger partial charge in [-0.3, -0.25) is 9.69 Å². The van der Waals surface area contributed by atoms with E-state index in [9.17, 15) is 4.79 Å². The maximum absolute atomic E-state index is 10.7. The molecule has 0 aromatic heterocycles. The first-order chi connectivity index (χ1) is 6.00. The van der Waals surface area contributed by atoms with Gasteiger partial charge in [-0.1, -0.05) is 0 Å². The van der Waals surface area contributed by atoms with Crippen LogP contribution in [0.4, 0.5) is 0 Å². The second kappa shape index (κ2) is 4.07. The molecule has 1 heterocycles. The molecule has 76 valence electrons. The molecular weight excluding hydrogens is 170 g/mol. The molecule has 4 nitrogen and oxygen atoms in total. The molecular formula is C9H17NO3. The van der Waals surface area contributed by atoms with Crippen LogP contribution in [0.3, 0.4) is 0 Å². The van der Waals surface area contributed by atoms with Crippen molar-refractivity contribution in [1.29, 1.82) is 0 Å². The molecule has 3 atom stereocenters. The molecule has 4 heteroatoms. The summed E-state index contributed by atoms with van der Waals surface area (Å²) < 4.78 is 5.51. The summed E-state index contributed by atoms with van der Waals surface area (Å²) in [5, 5.41) is 8.82. The number of hydrogen-bond donors (Lipinski definition) is 1. The number of hydrogen-bond acceptors (Lipinski definition) is 3. The minimum absolute atomic E-state index is 0.130. The van der Waals surface area contributed by atoms with Crippen LogP contribution in [0, 0.1) is 0 Å². The molecule has 0 amide bonds. The van der Waals surface area contributed by atoms with Gasteiger partial charge in [0.05, 0.1) is 12.2 Å². The third kappa shape index (κ3) is 2.67. The summed E-state index contributed by atoms with van der Waals surface area (Å²) in [5.74, 6) is -0.763. The van der Waals surface area contributed by atoms with Crippen molar-refractivity contribution in [1.82, 2.24) is 4.90 Å². The van der Waals surface area contributed by atoms with Crippen LogP contribution in [0.5, 0.6) is 0 Å². The highest BCUT2D eigenvalue weighted by atomic mass is 16.5. The van der Waals surface area contributed by atoms with Gasteiger partial charge >= 0.3 is 5.97 Å². The van der Waals surface area contributed by atoms with Crippen molar-refractivity contribution in [2.24, 2.45) is 0 Å². The van der Waals surface area contributed by atoms with Gasteiger partial charge in [0.25, 0.3) is 0 Å². The van der Waals surface area contributed by atoms with Gasteiger partial charge in [0.2, 0.25) is 0 Å². The topological polar surface area (TPSA) is 49.8 Å². The Bertz CT molecular complexity index is 185. The van der Waals surface area contributed by atoms with Crippen molar-refractivity contribution in [2.45, 2.75) is 39.0 Å². The standard InChI is InChI=1S/C9H17NO3/c1-6-4-10(5-7(2)13-6)8(3)9(11)12/h6-8H,4-5H2,1-3H3,(H,11,12)/t6-,7+,8-/m1/s1. The van der Waals surface area contributed by atoms with Gasteiger partial charge in [-0.25, -0.2) is 0 Å². The van der Waals surface area contributed by atoms with E-state index in [-0.39, 0.29) is 12.2 Å². The third-order valence-corrected chi connectivity index (χ3v) is 2.35. The molecule has 0 aromatic carbocycles. The first-order valence-electron chi connectivity index (χ1n) is 4.63. The fourth-order valence-electron chi connectivity index (χ4n) is 1.69. The van der Waals surface area contributed by atoms with Crippen molar-refractivity contribution in [3.8, 4) is 0 Å². The molecule has 1 saturated heterocycles. The molecule has 0 aliphatic carbocycles. The number of ether oxygens (including phenoxy) is 1. The van der Waals surface area contributed by atoms with Crippen LogP contribution >= 0.6 is 0 Å². The van der Waals surface area contributed by atoms with Gasteiger partial charge < -0.3 is 9.84 Å². The van der Waals surface area contributed by atoms with E-state index in [2.05, 4.69) is 0 Å². The fourth-order valence-corrected chi connectivity index (χ4v) is 1.69. The number of aliphatic carboxylic acids is 1. The van der Waals surface area contributed by atoms with Crippen molar-refractivity contribution in [3.05, 3.63) is 0 Å². The summed E-state index contributed by atoms with van der Waals surface area (Å²) in [6.45, 7) is 7.07. The highest BCUT2D eigenvalue weighted by molar-refractivity contribution is 5.72. The number of carboxylic acid groups (broad SMARTS) is 1. The number of morpholine rings is 1. The van der Waals surface area contributed by atoms with Crippen molar-refractivity contribution < 1.29 is 14.6 Å². The predicted molar refractivity (Wildman–Crippen MR) is 48.7 cm³/mol. The van der Waals surface area contributed by atoms with E-state index in [0.717, 1.165) is 0 Å². The Hall–Kier alpha value is -0.610. The maximum atomic E-state index is 10.7. The number of carbonyl (C=O) groups is 1. The van der Waals surface area contributed by atoms with Crippen LogP contribution in [0.2, 0.25) is 0 Å². The summed E-state index contributed by atoms with van der Waals surface area (Å²) in [7, 11) is 0. The molecule has 1 aliphatic heterocycles. The van der Waals surface area contributed by atoms with Gasteiger partial charge in [-0.05, 0) is 20.8 Å². The summed E-state index contributed by atoms with van der Waals surface area (Å²) in [6, 6.07) is -0.409. The smallest absolute Gasteiger partial charge is 0.320 e. The SMILES string of the molecule is C[C@@H]1CN([C@H](C)C(=O)O)C[C@H](C)O1. The monoisotopic (exact) mass is 187 g/mol. The van der Waals surface area contributed by atoms with Crippen LogP contribution in [0.25, 0.3) is 0 Å². The first-order valence-corrected chi connectivity index (χ1v) is 4.63. The lowest BCUT2D eigenvalue weighted by molar-refractivity contribution is -0.147. The van der Waals surface area contributed by atoms with Crippen molar-refractivity contribution in [3.63, 3.8) is 0 Å². The van der Waals surface area contributed by atoms with Crippen molar-refractivity contribution in [2.75, 3.05) is 13.1 Å². The highest BCUT2D eigenvalue weighted by Gasteiger charge is 2.28. The van der Waals surface area contributed by atoms with Gasteiger partial charge in [-0.2, -0.15) is 0 Å². The Morgan fingerprint density at radius 2 is 1.92 bits per heavy atom. The van der Waals surface area contributed by atoms with Crippen molar-refractivity contribution >= 4 is 5.97 Å². The average molecular weight is 187 g/mol. The van der Waals surface area contributed by atoms with E-state index in [4.69, 9.17) is 9.84 Å². The van der Waals surface area contributed by atoms with Crippen LogP contribution < -0.4 is 0 Å². The largest absolute Gasteiger partial charge is 0.480 e. The van der Waals surface area contributed by atoms with E-state index in [0.29, 0.717) is 13.1 Å². The first kappa shape index (κ1) is 10.5. The Balaban J connectivity index is 2.54. The second-order valence-electron chi connectivity index (χ2n) is 3.73. The quantitative estimate of drug-likeness (QED) is 0.686. The lowest BCUT2D eigenvalue weighted by atomic mass is 10.2. The zero-order chi connectivity index (χ0) is 10.0. The zero-order valence-electron chi connectivity index (χ0n) is 8.36. The van der Waals surface area contributed by atoms with E-state index in [1.165, 1.54) is 0 Å². The van der Waals surface area contributed by atoms with E-state index < -0.39 is 12.0 Å². The normalized spacial score (nSPS) is 32.8. The summed E-state index contributed by atoms with van der Waals surface area (Å²) in [4.78, 5) is 12.7. The molecule has 0 radical (unpaired) electrons. The van der Waals surface area contributed by atoms with E-state index in [1.807, 2.05) is 18.7 Å². The third-order valence-electron chi connectivity index (χ3n) is 2.35. The Morgan fingerprint density at radius 3 is 2.31 bits per heavy atom. The molecule has 0 bridgehead atoms. The fraction of sp³-hybridized carbons (Fsp3) is 0.889. The number of rotatable bonds is 2. The summed E-state index contributed by atoms with van der Waals surface area (Å²) >= 11 is 0. The summed E-state index contributed by atoms with van der Waals surface area (Å²) in [5.41, 5.74) is 0. The highest BCUT2D eigenvalue weighted by Crippen LogP contribution is 2.13. The maximum Gasteiger partial charge on any atom is 0.320 e. The van der Waals surface area contributed by atoms with Gasteiger partial charge in [0, 0.05) is 13.1 Å². The van der Waals surface area contributed by atoms with Crippen LogP contribution in [0.15, 0.2) is 0 Å². The van der Waals surface area contributed by atoms with E-state index in [1.54, 1.807) is 6.92 Å². The number of nitrogens with zero attached hydrogens (tertiary/aromatic N) is 1.